The first-order chi connectivity index (χ1) is 13.3. The summed E-state index contributed by atoms with van der Waals surface area (Å²) in [6.45, 7) is 0. The molecule has 0 bridgehead atoms. The summed E-state index contributed by atoms with van der Waals surface area (Å²) in [5, 5.41) is 1.94. The maximum absolute atomic E-state index is 14.1. The van der Waals surface area contributed by atoms with Crippen LogP contribution >= 0.6 is 0 Å². The van der Waals surface area contributed by atoms with E-state index in [0.717, 1.165) is 7.11 Å². The minimum absolute atomic E-state index is 0.199. The van der Waals surface area contributed by atoms with Crippen LogP contribution in [0.5, 0.6) is 0 Å². The molecule has 0 spiro atoms. The standard InChI is InChI=1S/C16H15F4N5O3/c1-28-16(27)9-10(17)11(18)12(19)13(20)14(9)22-15(26)7-2-3-8(24-23-7)25-5-4-21-6-25/h4-8,23-24H,2-3H2,1H3,(H,22,26). The van der Waals surface area contributed by atoms with E-state index in [9.17, 15) is 27.2 Å². The van der Waals surface area contributed by atoms with E-state index in [1.54, 1.807) is 23.3 Å². The molecule has 2 heterocycles. The van der Waals surface area contributed by atoms with Crippen LogP contribution in [0.15, 0.2) is 18.7 Å². The Hall–Kier alpha value is -2.99. The lowest BCUT2D eigenvalue weighted by atomic mass is 10.1. The quantitative estimate of drug-likeness (QED) is 0.312. The van der Waals surface area contributed by atoms with E-state index in [1.165, 1.54) is 0 Å². The number of aromatic nitrogens is 2. The van der Waals surface area contributed by atoms with Crippen LogP contribution in [-0.2, 0) is 9.53 Å². The predicted octanol–water partition coefficient (Wildman–Crippen LogP) is 1.62. The highest BCUT2D eigenvalue weighted by atomic mass is 19.2. The molecule has 28 heavy (non-hydrogen) atoms. The topological polar surface area (TPSA) is 97.3 Å². The highest BCUT2D eigenvalue weighted by Crippen LogP contribution is 2.29. The number of rotatable bonds is 4. The lowest BCUT2D eigenvalue weighted by Gasteiger charge is -2.31. The van der Waals surface area contributed by atoms with E-state index < -0.39 is 52.4 Å². The van der Waals surface area contributed by atoms with Crippen molar-refractivity contribution in [2.75, 3.05) is 12.4 Å². The van der Waals surface area contributed by atoms with Crippen molar-refractivity contribution in [1.29, 1.82) is 0 Å². The van der Waals surface area contributed by atoms with Crippen LogP contribution in [0.3, 0.4) is 0 Å². The van der Waals surface area contributed by atoms with E-state index in [2.05, 4.69) is 20.6 Å². The first-order valence-electron chi connectivity index (χ1n) is 8.08. The highest BCUT2D eigenvalue weighted by molar-refractivity contribution is 6.03. The van der Waals surface area contributed by atoms with Crippen molar-refractivity contribution in [1.82, 2.24) is 20.4 Å². The summed E-state index contributed by atoms with van der Waals surface area (Å²) < 4.78 is 61.1. The molecular formula is C16H15F4N5O3. The van der Waals surface area contributed by atoms with Gasteiger partial charge in [0.15, 0.2) is 23.3 Å². The number of imidazole rings is 1. The molecular weight excluding hydrogens is 386 g/mol. The third-order valence-corrected chi connectivity index (χ3v) is 4.26. The molecule has 3 rings (SSSR count). The number of amides is 1. The van der Waals surface area contributed by atoms with Crippen LogP contribution in [0.4, 0.5) is 23.2 Å². The summed E-state index contributed by atoms with van der Waals surface area (Å²) in [7, 11) is 0.843. The second-order valence-corrected chi connectivity index (χ2v) is 5.93. The molecule has 1 aromatic heterocycles. The molecule has 1 amide bonds. The largest absolute Gasteiger partial charge is 0.465 e. The van der Waals surface area contributed by atoms with Gasteiger partial charge in [-0.05, 0) is 12.8 Å². The predicted molar refractivity (Wildman–Crippen MR) is 86.8 cm³/mol. The third kappa shape index (κ3) is 3.55. The van der Waals surface area contributed by atoms with Crippen LogP contribution in [-0.4, -0.2) is 34.6 Å². The summed E-state index contributed by atoms with van der Waals surface area (Å²) in [5.41, 5.74) is 3.17. The van der Waals surface area contributed by atoms with E-state index in [0.29, 0.717) is 6.42 Å². The van der Waals surface area contributed by atoms with Crippen molar-refractivity contribution in [3.05, 3.63) is 47.6 Å². The highest BCUT2D eigenvalue weighted by Gasteiger charge is 2.33. The molecule has 8 nitrogen and oxygen atoms in total. The number of benzene rings is 1. The molecule has 1 aliphatic heterocycles. The zero-order chi connectivity index (χ0) is 20.4. The lowest BCUT2D eigenvalue weighted by molar-refractivity contribution is -0.119. The van der Waals surface area contributed by atoms with Gasteiger partial charge in [0.25, 0.3) is 0 Å². The fourth-order valence-electron chi connectivity index (χ4n) is 2.79. The Morgan fingerprint density at radius 1 is 1.14 bits per heavy atom. The van der Waals surface area contributed by atoms with E-state index in [-0.39, 0.29) is 12.6 Å². The second-order valence-electron chi connectivity index (χ2n) is 5.93. The smallest absolute Gasteiger partial charge is 0.343 e. The second kappa shape index (κ2) is 7.94. The monoisotopic (exact) mass is 401 g/mol. The van der Waals surface area contributed by atoms with Gasteiger partial charge in [0.2, 0.25) is 5.91 Å². The number of nitrogens with one attached hydrogen (secondary N) is 3. The zero-order valence-electron chi connectivity index (χ0n) is 14.4. The Labute approximate surface area is 155 Å². The number of nitrogens with zero attached hydrogens (tertiary/aromatic N) is 2. The average Bonchev–Trinajstić information content (AvgIpc) is 3.25. The molecule has 150 valence electrons. The van der Waals surface area contributed by atoms with Gasteiger partial charge < -0.3 is 14.6 Å². The Morgan fingerprint density at radius 3 is 2.43 bits per heavy atom. The van der Waals surface area contributed by atoms with Crippen molar-refractivity contribution in [3.63, 3.8) is 0 Å². The van der Waals surface area contributed by atoms with Crippen LogP contribution in [0, 0.1) is 23.3 Å². The molecule has 1 aromatic carbocycles. The van der Waals surface area contributed by atoms with Crippen LogP contribution in [0.1, 0.15) is 29.4 Å². The minimum atomic E-state index is -2.18. The number of anilines is 1. The molecule has 0 aliphatic carbocycles. The number of esters is 1. The van der Waals surface area contributed by atoms with Gasteiger partial charge in [0.05, 0.1) is 25.3 Å². The van der Waals surface area contributed by atoms with Crippen molar-refractivity contribution in [2.45, 2.75) is 25.0 Å². The van der Waals surface area contributed by atoms with Gasteiger partial charge in [0, 0.05) is 12.4 Å². The van der Waals surface area contributed by atoms with Crippen molar-refractivity contribution >= 4 is 17.6 Å². The molecule has 2 aromatic rings. The summed E-state index contributed by atoms with van der Waals surface area (Å²) in [5.74, 6) is -10.6. The van der Waals surface area contributed by atoms with Crippen molar-refractivity contribution in [2.24, 2.45) is 0 Å². The normalized spacial score (nSPS) is 19.3. The van der Waals surface area contributed by atoms with Gasteiger partial charge in [-0.3, -0.25) is 4.79 Å². The molecule has 2 unspecified atom stereocenters. The lowest BCUT2D eigenvalue weighted by Crippen LogP contribution is -2.54. The van der Waals surface area contributed by atoms with Crippen LogP contribution < -0.4 is 16.2 Å². The minimum Gasteiger partial charge on any atom is -0.465 e. The van der Waals surface area contributed by atoms with Crippen molar-refractivity contribution in [3.8, 4) is 0 Å². The average molecular weight is 401 g/mol. The zero-order valence-corrected chi connectivity index (χ0v) is 14.4. The molecule has 3 N–H and O–H groups in total. The Kier molecular flexibility index (Phi) is 5.61. The summed E-state index contributed by atoms with van der Waals surface area (Å²) in [6.07, 6.45) is 5.40. The summed E-state index contributed by atoms with van der Waals surface area (Å²) in [6, 6.07) is -0.916. The Bertz CT molecular complexity index is 898. The van der Waals surface area contributed by atoms with Gasteiger partial charge in [-0.2, -0.15) is 0 Å². The maximum atomic E-state index is 14.1. The molecule has 12 heteroatoms. The number of carbonyl (C=O) groups excluding carboxylic acids is 2. The Morgan fingerprint density at radius 2 is 1.86 bits per heavy atom. The van der Waals surface area contributed by atoms with Gasteiger partial charge in [0.1, 0.15) is 11.6 Å². The van der Waals surface area contributed by atoms with Crippen molar-refractivity contribution < 1.29 is 31.9 Å². The Balaban J connectivity index is 1.80. The summed E-state index contributed by atoms with van der Waals surface area (Å²) >= 11 is 0. The van der Waals surface area contributed by atoms with E-state index >= 15 is 0 Å². The third-order valence-electron chi connectivity index (χ3n) is 4.26. The number of methoxy groups -OCH3 is 1. The van der Waals surface area contributed by atoms with Gasteiger partial charge in [-0.15, -0.1) is 0 Å². The van der Waals surface area contributed by atoms with Crippen LogP contribution in [0.25, 0.3) is 0 Å². The molecule has 2 atom stereocenters. The molecule has 0 radical (unpaired) electrons. The maximum Gasteiger partial charge on any atom is 0.343 e. The SMILES string of the molecule is COC(=O)c1c(F)c(F)c(F)c(F)c1NC(=O)C1CCC(n2ccnc2)NN1. The number of ether oxygens (including phenoxy) is 1. The van der Waals surface area contributed by atoms with Gasteiger partial charge in [-0.25, -0.2) is 38.2 Å². The molecule has 1 fully saturated rings. The first kappa shape index (κ1) is 19.8. The van der Waals surface area contributed by atoms with Gasteiger partial charge >= 0.3 is 5.97 Å². The summed E-state index contributed by atoms with van der Waals surface area (Å²) in [4.78, 5) is 28.0. The number of hydrogen-bond acceptors (Lipinski definition) is 6. The van der Waals surface area contributed by atoms with Gasteiger partial charge in [-0.1, -0.05) is 0 Å². The number of carbonyl (C=O) groups is 2. The number of halogens is 4. The molecule has 1 aliphatic rings. The fraction of sp³-hybridized carbons (Fsp3) is 0.312. The number of hydrazine groups is 1. The first-order valence-corrected chi connectivity index (χ1v) is 8.08. The van der Waals surface area contributed by atoms with E-state index in [4.69, 9.17) is 0 Å². The molecule has 1 saturated heterocycles. The fourth-order valence-corrected chi connectivity index (χ4v) is 2.79. The van der Waals surface area contributed by atoms with E-state index in [1.807, 2.05) is 5.32 Å². The molecule has 0 saturated carbocycles. The van der Waals surface area contributed by atoms with Crippen LogP contribution in [0.2, 0.25) is 0 Å². The number of hydrogen-bond donors (Lipinski definition) is 3.